The first-order chi connectivity index (χ1) is 9.63. The van der Waals surface area contributed by atoms with E-state index in [0.29, 0.717) is 6.54 Å². The van der Waals surface area contributed by atoms with E-state index in [9.17, 15) is 13.5 Å². The van der Waals surface area contributed by atoms with Crippen LogP contribution in [-0.2, 0) is 10.0 Å². The summed E-state index contributed by atoms with van der Waals surface area (Å²) in [4.78, 5) is 6.64. The number of hydrogen-bond acceptors (Lipinski definition) is 4. The first-order valence-electron chi connectivity index (χ1n) is 7.33. The monoisotopic (exact) mass is 448 g/mol. The van der Waals surface area contributed by atoms with Gasteiger partial charge in [0.15, 0.2) is 5.96 Å². The average molecular weight is 448 g/mol. The molecule has 0 saturated carbocycles. The molecule has 1 heterocycles. The summed E-state index contributed by atoms with van der Waals surface area (Å²) < 4.78 is 25.3. The quantitative estimate of drug-likeness (QED) is 0.321. The number of aliphatic hydroxyl groups is 1. The number of likely N-dealkylation sites (tertiary alicyclic amines) is 1. The van der Waals surface area contributed by atoms with Crippen LogP contribution in [0.4, 0.5) is 0 Å². The maximum Gasteiger partial charge on any atom is 0.209 e. The highest BCUT2D eigenvalue weighted by atomic mass is 127. The van der Waals surface area contributed by atoms with Crippen LogP contribution >= 0.6 is 24.0 Å². The van der Waals surface area contributed by atoms with Crippen LogP contribution in [0.5, 0.6) is 0 Å². The molecule has 22 heavy (non-hydrogen) atoms. The van der Waals surface area contributed by atoms with E-state index in [2.05, 4.69) is 19.9 Å². The lowest BCUT2D eigenvalue weighted by Crippen LogP contribution is -2.49. The number of sulfonamides is 1. The van der Waals surface area contributed by atoms with Crippen molar-refractivity contribution < 1.29 is 13.5 Å². The zero-order valence-corrected chi connectivity index (χ0v) is 16.9. The Bertz CT molecular complexity index is 460. The van der Waals surface area contributed by atoms with Crippen molar-refractivity contribution >= 4 is 40.0 Å². The van der Waals surface area contributed by atoms with Crippen molar-refractivity contribution in [2.24, 2.45) is 4.99 Å². The largest absolute Gasteiger partial charge is 0.393 e. The van der Waals surface area contributed by atoms with Crippen molar-refractivity contribution in [3.8, 4) is 0 Å². The van der Waals surface area contributed by atoms with Crippen molar-refractivity contribution in [1.29, 1.82) is 0 Å². The third-order valence-corrected chi connectivity index (χ3v) is 4.11. The second-order valence-electron chi connectivity index (χ2n) is 6.15. The van der Waals surface area contributed by atoms with E-state index >= 15 is 0 Å². The van der Waals surface area contributed by atoms with Gasteiger partial charge in [-0.15, -0.1) is 24.0 Å². The highest BCUT2D eigenvalue weighted by Gasteiger charge is 2.24. The van der Waals surface area contributed by atoms with E-state index in [1.807, 2.05) is 6.92 Å². The van der Waals surface area contributed by atoms with Gasteiger partial charge in [0.25, 0.3) is 0 Å². The Hall–Kier alpha value is -0.130. The molecule has 1 aliphatic rings. The molecule has 0 aromatic carbocycles. The van der Waals surface area contributed by atoms with Gasteiger partial charge in [0.05, 0.1) is 18.9 Å². The van der Waals surface area contributed by atoms with E-state index in [1.165, 1.54) is 0 Å². The lowest BCUT2D eigenvalue weighted by molar-refractivity contribution is 0.108. The standard InChI is InChI=1S/C13H28N4O3S.HI/c1-5-14-12(17-8-6-11(18)7-9-17)15-10-13(2,3)16-21(4,19)20;/h11,16,18H,5-10H2,1-4H3,(H,14,15);1H. The van der Waals surface area contributed by atoms with E-state index in [4.69, 9.17) is 0 Å². The zero-order valence-electron chi connectivity index (χ0n) is 13.8. The van der Waals surface area contributed by atoms with Gasteiger partial charge in [0.2, 0.25) is 10.0 Å². The summed E-state index contributed by atoms with van der Waals surface area (Å²) in [6.07, 6.45) is 2.38. The van der Waals surface area contributed by atoms with Gasteiger partial charge in [-0.2, -0.15) is 0 Å². The Morgan fingerprint density at radius 2 is 1.91 bits per heavy atom. The molecular weight excluding hydrogens is 419 g/mol. The van der Waals surface area contributed by atoms with Crippen molar-refractivity contribution in [2.75, 3.05) is 32.4 Å². The minimum atomic E-state index is -3.26. The van der Waals surface area contributed by atoms with Gasteiger partial charge in [0.1, 0.15) is 0 Å². The number of rotatable bonds is 5. The molecule has 9 heteroatoms. The molecule has 1 aliphatic heterocycles. The van der Waals surface area contributed by atoms with Gasteiger partial charge >= 0.3 is 0 Å². The normalized spacial score (nSPS) is 18.0. The summed E-state index contributed by atoms with van der Waals surface area (Å²) in [6.45, 7) is 8.22. The summed E-state index contributed by atoms with van der Waals surface area (Å²) in [5, 5.41) is 12.8. The van der Waals surface area contributed by atoms with Crippen LogP contribution in [0, 0.1) is 0 Å². The number of nitrogens with zero attached hydrogens (tertiary/aromatic N) is 2. The predicted octanol–water partition coefficient (Wildman–Crippen LogP) is 0.354. The molecular formula is C13H29IN4O3S. The molecule has 7 nitrogen and oxygen atoms in total. The van der Waals surface area contributed by atoms with E-state index in [0.717, 1.165) is 44.7 Å². The second kappa shape index (κ2) is 9.24. The minimum Gasteiger partial charge on any atom is -0.393 e. The molecule has 0 amide bonds. The number of nitrogens with one attached hydrogen (secondary N) is 2. The smallest absolute Gasteiger partial charge is 0.209 e. The first kappa shape index (κ1) is 21.9. The summed E-state index contributed by atoms with van der Waals surface area (Å²) in [5.41, 5.74) is -0.635. The minimum absolute atomic E-state index is 0. The van der Waals surface area contributed by atoms with Gasteiger partial charge in [-0.25, -0.2) is 13.1 Å². The molecule has 0 spiro atoms. The Morgan fingerprint density at radius 1 is 1.36 bits per heavy atom. The Balaban J connectivity index is 0.00000441. The molecule has 0 bridgehead atoms. The maximum atomic E-state index is 11.3. The molecule has 1 rings (SSSR count). The summed E-state index contributed by atoms with van der Waals surface area (Å²) >= 11 is 0. The van der Waals surface area contributed by atoms with Gasteiger partial charge in [-0.1, -0.05) is 0 Å². The number of guanidine groups is 1. The zero-order chi connectivity index (χ0) is 16.1. The van der Waals surface area contributed by atoms with Crippen LogP contribution in [0.25, 0.3) is 0 Å². The number of aliphatic imine (C=N–C) groups is 1. The maximum absolute atomic E-state index is 11.3. The summed E-state index contributed by atoms with van der Waals surface area (Å²) in [5.74, 6) is 0.771. The number of hydrogen-bond donors (Lipinski definition) is 3. The Kier molecular flexibility index (Phi) is 9.18. The fourth-order valence-corrected chi connectivity index (χ4v) is 3.38. The second-order valence-corrected chi connectivity index (χ2v) is 7.89. The van der Waals surface area contributed by atoms with Gasteiger partial charge < -0.3 is 15.3 Å². The van der Waals surface area contributed by atoms with E-state index in [1.54, 1.807) is 13.8 Å². The fraction of sp³-hybridized carbons (Fsp3) is 0.923. The van der Waals surface area contributed by atoms with Crippen molar-refractivity contribution in [3.05, 3.63) is 0 Å². The van der Waals surface area contributed by atoms with Gasteiger partial charge in [-0.05, 0) is 33.6 Å². The van der Waals surface area contributed by atoms with E-state index in [-0.39, 0.29) is 30.1 Å². The Morgan fingerprint density at radius 3 is 2.36 bits per heavy atom. The highest BCUT2D eigenvalue weighted by molar-refractivity contribution is 14.0. The first-order valence-corrected chi connectivity index (χ1v) is 9.22. The van der Waals surface area contributed by atoms with Crippen LogP contribution in [0.3, 0.4) is 0 Å². The van der Waals surface area contributed by atoms with Crippen LogP contribution in [-0.4, -0.2) is 68.5 Å². The fourth-order valence-electron chi connectivity index (χ4n) is 2.31. The third kappa shape index (κ3) is 8.49. The summed E-state index contributed by atoms with van der Waals surface area (Å²) in [7, 11) is -3.26. The topological polar surface area (TPSA) is 94.0 Å². The molecule has 0 aliphatic carbocycles. The lowest BCUT2D eigenvalue weighted by Gasteiger charge is -2.33. The van der Waals surface area contributed by atoms with Crippen LogP contribution < -0.4 is 10.0 Å². The molecule has 1 fully saturated rings. The lowest BCUT2D eigenvalue weighted by atomic mass is 10.1. The van der Waals surface area contributed by atoms with Crippen molar-refractivity contribution in [3.63, 3.8) is 0 Å². The third-order valence-electron chi connectivity index (χ3n) is 3.18. The van der Waals surface area contributed by atoms with Crippen LogP contribution in [0.15, 0.2) is 4.99 Å². The number of aliphatic hydroxyl groups excluding tert-OH is 1. The van der Waals surface area contributed by atoms with Gasteiger partial charge in [-0.3, -0.25) is 4.99 Å². The van der Waals surface area contributed by atoms with Gasteiger partial charge in [0, 0.05) is 25.2 Å². The van der Waals surface area contributed by atoms with Crippen molar-refractivity contribution in [2.45, 2.75) is 45.3 Å². The molecule has 0 aromatic heterocycles. The van der Waals surface area contributed by atoms with E-state index < -0.39 is 15.6 Å². The predicted molar refractivity (Wildman–Crippen MR) is 100 cm³/mol. The number of piperidine rings is 1. The molecule has 0 radical (unpaired) electrons. The summed E-state index contributed by atoms with van der Waals surface area (Å²) in [6, 6.07) is 0. The molecule has 0 aromatic rings. The SMILES string of the molecule is CCNC(=NCC(C)(C)NS(C)(=O)=O)N1CCC(O)CC1.I. The molecule has 0 atom stereocenters. The van der Waals surface area contributed by atoms with Crippen LogP contribution in [0.2, 0.25) is 0 Å². The Labute approximate surface area is 151 Å². The average Bonchev–Trinajstić information content (AvgIpc) is 2.33. The molecule has 0 unspecified atom stereocenters. The van der Waals surface area contributed by atoms with Crippen LogP contribution in [0.1, 0.15) is 33.6 Å². The molecule has 3 N–H and O–H groups in total. The molecule has 1 saturated heterocycles. The van der Waals surface area contributed by atoms with Crippen molar-refractivity contribution in [1.82, 2.24) is 14.9 Å². The highest BCUT2D eigenvalue weighted by Crippen LogP contribution is 2.11. The number of halogens is 1. The molecule has 132 valence electrons.